The number of ketones is 1. The van der Waals surface area contributed by atoms with Crippen LogP contribution in [0.4, 0.5) is 5.69 Å². The van der Waals surface area contributed by atoms with Crippen molar-refractivity contribution in [1.29, 1.82) is 0 Å². The number of rotatable bonds is 8. The Kier molecular flexibility index (Phi) is 7.76. The molecule has 0 aliphatic carbocycles. The molecule has 0 aromatic heterocycles. The lowest BCUT2D eigenvalue weighted by Gasteiger charge is -2.31. The molecule has 6 nitrogen and oxygen atoms in total. The molecule has 0 spiro atoms. The molecule has 0 bridgehead atoms. The van der Waals surface area contributed by atoms with Crippen LogP contribution in [0.1, 0.15) is 41.6 Å². The van der Waals surface area contributed by atoms with Crippen molar-refractivity contribution in [2.75, 3.05) is 18.4 Å². The molecule has 158 valence electrons. The van der Waals surface area contributed by atoms with E-state index in [4.69, 9.17) is 5.73 Å². The number of nitrogens with one attached hydrogen (secondary N) is 1. The molecule has 2 aromatic rings. The van der Waals surface area contributed by atoms with Crippen LogP contribution in [0.15, 0.2) is 53.0 Å². The van der Waals surface area contributed by atoms with Crippen LogP contribution in [0, 0.1) is 5.92 Å². The molecule has 3 N–H and O–H groups in total. The summed E-state index contributed by atoms with van der Waals surface area (Å²) in [6.07, 6.45) is 2.14. The number of Topliss-reactive ketones (excluding diaryl/α,β-unsaturated/α-hetero) is 1. The molecule has 1 saturated heterocycles. The zero-order chi connectivity index (χ0) is 21.5. The third-order valence-electron chi connectivity index (χ3n) is 5.30. The van der Waals surface area contributed by atoms with Gasteiger partial charge in [0.25, 0.3) is 0 Å². The van der Waals surface area contributed by atoms with Crippen molar-refractivity contribution in [2.24, 2.45) is 11.7 Å². The van der Waals surface area contributed by atoms with Gasteiger partial charge in [-0.05, 0) is 49.2 Å². The summed E-state index contributed by atoms with van der Waals surface area (Å²) in [5.74, 6) is -0.536. The molecule has 1 heterocycles. The Labute approximate surface area is 184 Å². The van der Waals surface area contributed by atoms with Crippen LogP contribution >= 0.6 is 15.9 Å². The fourth-order valence-corrected chi connectivity index (χ4v) is 3.88. The van der Waals surface area contributed by atoms with Crippen molar-refractivity contribution >= 4 is 39.2 Å². The van der Waals surface area contributed by atoms with Crippen LogP contribution in [0.2, 0.25) is 0 Å². The van der Waals surface area contributed by atoms with Crippen molar-refractivity contribution in [1.82, 2.24) is 4.90 Å². The Balaban J connectivity index is 1.45. The van der Waals surface area contributed by atoms with Gasteiger partial charge in [-0.3, -0.25) is 19.3 Å². The molecule has 1 aliphatic heterocycles. The maximum atomic E-state index is 12.2. The number of primary amides is 1. The van der Waals surface area contributed by atoms with E-state index in [-0.39, 0.29) is 36.4 Å². The van der Waals surface area contributed by atoms with Crippen LogP contribution in [-0.2, 0) is 16.1 Å². The second kappa shape index (κ2) is 10.5. The number of hydrogen-bond donors (Lipinski definition) is 2. The number of amides is 2. The molecule has 0 saturated carbocycles. The highest BCUT2D eigenvalue weighted by Crippen LogP contribution is 2.19. The SMILES string of the molecule is NC(=O)C1CCCN(Cc2ccc(NC(=O)CCC(=O)c3ccc(Br)cc3)cc2)C1. The van der Waals surface area contributed by atoms with Gasteiger partial charge in [0.2, 0.25) is 11.8 Å². The molecule has 0 radical (unpaired) electrons. The highest BCUT2D eigenvalue weighted by atomic mass is 79.9. The number of carbonyl (C=O) groups is 3. The highest BCUT2D eigenvalue weighted by Gasteiger charge is 2.23. The number of nitrogens with zero attached hydrogens (tertiary/aromatic N) is 1. The van der Waals surface area contributed by atoms with Crippen molar-refractivity contribution in [3.8, 4) is 0 Å². The largest absolute Gasteiger partial charge is 0.369 e. The number of hydrogen-bond acceptors (Lipinski definition) is 4. The van der Waals surface area contributed by atoms with Crippen molar-refractivity contribution in [3.05, 3.63) is 64.1 Å². The van der Waals surface area contributed by atoms with Crippen LogP contribution in [0.3, 0.4) is 0 Å². The van der Waals surface area contributed by atoms with Crippen LogP contribution in [-0.4, -0.2) is 35.6 Å². The predicted octanol–water partition coefficient (Wildman–Crippen LogP) is 3.75. The van der Waals surface area contributed by atoms with E-state index in [2.05, 4.69) is 26.1 Å². The molecule has 1 aliphatic rings. The minimum Gasteiger partial charge on any atom is -0.369 e. The average Bonchev–Trinajstić information content (AvgIpc) is 2.74. The number of piperidine rings is 1. The van der Waals surface area contributed by atoms with Gasteiger partial charge in [-0.15, -0.1) is 0 Å². The number of likely N-dealkylation sites (tertiary alicyclic amines) is 1. The van der Waals surface area contributed by atoms with Gasteiger partial charge in [-0.1, -0.05) is 40.2 Å². The molecule has 7 heteroatoms. The van der Waals surface area contributed by atoms with Crippen LogP contribution in [0.5, 0.6) is 0 Å². The van der Waals surface area contributed by atoms with Gasteiger partial charge in [0.1, 0.15) is 0 Å². The summed E-state index contributed by atoms with van der Waals surface area (Å²) < 4.78 is 0.910. The third kappa shape index (κ3) is 6.50. The Morgan fingerprint density at radius 2 is 1.73 bits per heavy atom. The fraction of sp³-hybridized carbons (Fsp3) is 0.348. The monoisotopic (exact) mass is 471 g/mol. The summed E-state index contributed by atoms with van der Waals surface area (Å²) >= 11 is 3.34. The summed E-state index contributed by atoms with van der Waals surface area (Å²) in [6.45, 7) is 2.40. The second-order valence-corrected chi connectivity index (χ2v) is 8.57. The summed E-state index contributed by atoms with van der Waals surface area (Å²) in [5.41, 5.74) is 7.86. The lowest BCUT2D eigenvalue weighted by atomic mass is 9.97. The van der Waals surface area contributed by atoms with Gasteiger partial charge in [-0.2, -0.15) is 0 Å². The van der Waals surface area contributed by atoms with E-state index < -0.39 is 0 Å². The first-order chi connectivity index (χ1) is 14.4. The molecule has 3 rings (SSSR count). The topological polar surface area (TPSA) is 92.5 Å². The maximum absolute atomic E-state index is 12.2. The van der Waals surface area contributed by atoms with E-state index in [1.807, 2.05) is 36.4 Å². The van der Waals surface area contributed by atoms with Crippen molar-refractivity contribution in [2.45, 2.75) is 32.2 Å². The van der Waals surface area contributed by atoms with E-state index in [1.54, 1.807) is 12.1 Å². The van der Waals surface area contributed by atoms with Crippen LogP contribution in [0.25, 0.3) is 0 Å². The Morgan fingerprint density at radius 3 is 2.40 bits per heavy atom. The molecule has 1 atom stereocenters. The lowest BCUT2D eigenvalue weighted by Crippen LogP contribution is -2.40. The van der Waals surface area contributed by atoms with Gasteiger partial charge in [0, 0.05) is 41.7 Å². The standard InChI is InChI=1S/C23H26BrN3O3/c24-19-7-5-17(6-8-19)21(28)11-12-22(29)26-20-9-3-16(4-10-20)14-27-13-1-2-18(15-27)23(25)30/h3-10,18H,1-2,11-15H2,(H2,25,30)(H,26,29). The number of halogens is 1. The van der Waals surface area contributed by atoms with E-state index >= 15 is 0 Å². The Morgan fingerprint density at radius 1 is 1.03 bits per heavy atom. The van der Waals surface area contributed by atoms with Gasteiger partial charge < -0.3 is 11.1 Å². The first-order valence-corrected chi connectivity index (χ1v) is 10.9. The molecular weight excluding hydrogens is 446 g/mol. The predicted molar refractivity (Wildman–Crippen MR) is 120 cm³/mol. The summed E-state index contributed by atoms with van der Waals surface area (Å²) in [5, 5.41) is 2.84. The fourth-order valence-electron chi connectivity index (χ4n) is 3.61. The highest BCUT2D eigenvalue weighted by molar-refractivity contribution is 9.10. The third-order valence-corrected chi connectivity index (χ3v) is 5.83. The lowest BCUT2D eigenvalue weighted by molar-refractivity contribution is -0.123. The minimum absolute atomic E-state index is 0.0520. The minimum atomic E-state index is -0.226. The van der Waals surface area contributed by atoms with E-state index in [1.165, 1.54) is 0 Å². The summed E-state index contributed by atoms with van der Waals surface area (Å²) in [4.78, 5) is 38.0. The van der Waals surface area contributed by atoms with Gasteiger partial charge in [-0.25, -0.2) is 0 Å². The smallest absolute Gasteiger partial charge is 0.224 e. The van der Waals surface area contributed by atoms with Gasteiger partial charge >= 0.3 is 0 Å². The summed E-state index contributed by atoms with van der Waals surface area (Å²) in [6, 6.07) is 14.8. The second-order valence-electron chi connectivity index (χ2n) is 7.65. The quantitative estimate of drug-likeness (QED) is 0.573. The number of nitrogens with two attached hydrogens (primary N) is 1. The molecule has 1 unspecified atom stereocenters. The van der Waals surface area contributed by atoms with E-state index in [0.717, 1.165) is 36.0 Å². The molecule has 1 fully saturated rings. The Bertz CT molecular complexity index is 897. The first-order valence-electron chi connectivity index (χ1n) is 10.1. The normalized spacial score (nSPS) is 16.8. The van der Waals surface area contributed by atoms with E-state index in [0.29, 0.717) is 17.8 Å². The molecule has 30 heavy (non-hydrogen) atoms. The number of carbonyl (C=O) groups excluding carboxylic acids is 3. The Hall–Kier alpha value is -2.51. The van der Waals surface area contributed by atoms with Gasteiger partial charge in [0.15, 0.2) is 5.78 Å². The molecule has 2 aromatic carbocycles. The number of anilines is 1. The zero-order valence-corrected chi connectivity index (χ0v) is 18.4. The van der Waals surface area contributed by atoms with Crippen molar-refractivity contribution in [3.63, 3.8) is 0 Å². The van der Waals surface area contributed by atoms with Crippen LogP contribution < -0.4 is 11.1 Å². The number of benzene rings is 2. The summed E-state index contributed by atoms with van der Waals surface area (Å²) in [7, 11) is 0. The molecular formula is C23H26BrN3O3. The van der Waals surface area contributed by atoms with Gasteiger partial charge in [0.05, 0.1) is 5.92 Å². The zero-order valence-electron chi connectivity index (χ0n) is 16.8. The first kappa shape index (κ1) is 22.2. The average molecular weight is 472 g/mol. The van der Waals surface area contributed by atoms with E-state index in [9.17, 15) is 14.4 Å². The maximum Gasteiger partial charge on any atom is 0.224 e. The van der Waals surface area contributed by atoms with Crippen molar-refractivity contribution < 1.29 is 14.4 Å². The molecule has 2 amide bonds.